The van der Waals surface area contributed by atoms with Gasteiger partial charge in [-0.05, 0) is 35.8 Å². The maximum Gasteiger partial charge on any atom is 0.192 e. The fourth-order valence-electron chi connectivity index (χ4n) is 1.31. The summed E-state index contributed by atoms with van der Waals surface area (Å²) in [6.45, 7) is 11.2. The molecule has 0 aliphatic rings. The van der Waals surface area contributed by atoms with E-state index in [1.165, 1.54) is 0 Å². The number of halogens is 1. The number of rotatable bonds is 4. The topological polar surface area (TPSA) is 29.5 Å². The highest BCUT2D eigenvalue weighted by Crippen LogP contribution is 2.37. The first-order chi connectivity index (χ1) is 8.13. The molecule has 0 bridgehead atoms. The summed E-state index contributed by atoms with van der Waals surface area (Å²) in [4.78, 5) is 0. The molecule has 0 spiro atoms. The van der Waals surface area contributed by atoms with Crippen LogP contribution in [0.3, 0.4) is 0 Å². The third-order valence-electron chi connectivity index (χ3n) is 3.64. The van der Waals surface area contributed by atoms with Crippen LogP contribution in [0.1, 0.15) is 32.4 Å². The van der Waals surface area contributed by atoms with E-state index >= 15 is 0 Å². The zero-order chi connectivity index (χ0) is 14.0. The van der Waals surface area contributed by atoms with E-state index < -0.39 is 14.4 Å². The molecule has 0 aliphatic heterocycles. The molecule has 0 radical (unpaired) electrons. The van der Waals surface area contributed by atoms with E-state index in [4.69, 9.17) is 16.0 Å². The van der Waals surface area contributed by atoms with Crippen molar-refractivity contribution in [3.63, 3.8) is 0 Å². The van der Waals surface area contributed by atoms with Crippen molar-refractivity contribution in [2.75, 3.05) is 6.61 Å². The molecule has 1 rings (SSSR count). The summed E-state index contributed by atoms with van der Waals surface area (Å²) in [5.41, 5.74) is 0.807. The van der Waals surface area contributed by atoms with Gasteiger partial charge in [-0.1, -0.05) is 44.5 Å². The normalized spacial score (nSPS) is 14.6. The molecule has 1 aromatic rings. The predicted octanol–water partition coefficient (Wildman–Crippen LogP) is 4.40. The van der Waals surface area contributed by atoms with Gasteiger partial charge < -0.3 is 9.53 Å². The number of aliphatic hydroxyl groups excluding tert-OH is 1. The van der Waals surface area contributed by atoms with Gasteiger partial charge in [0.2, 0.25) is 0 Å². The van der Waals surface area contributed by atoms with Crippen LogP contribution in [0.5, 0.6) is 0 Å². The molecule has 0 aromatic heterocycles. The average Bonchev–Trinajstić information content (AvgIpc) is 2.24. The van der Waals surface area contributed by atoms with Crippen LogP contribution in [0.4, 0.5) is 0 Å². The monoisotopic (exact) mass is 286 g/mol. The van der Waals surface area contributed by atoms with Gasteiger partial charge in [-0.25, -0.2) is 0 Å². The second kappa shape index (κ2) is 5.74. The van der Waals surface area contributed by atoms with Crippen LogP contribution in [0, 0.1) is 0 Å². The third kappa shape index (κ3) is 4.09. The Balaban J connectivity index is 2.64. The van der Waals surface area contributed by atoms with Crippen molar-refractivity contribution in [3.05, 3.63) is 34.9 Å². The van der Waals surface area contributed by atoms with Crippen molar-refractivity contribution in [2.45, 2.75) is 45.0 Å². The maximum atomic E-state index is 10.1. The highest BCUT2D eigenvalue weighted by atomic mass is 35.5. The lowest BCUT2D eigenvalue weighted by atomic mass is 10.1. The minimum atomic E-state index is -1.81. The summed E-state index contributed by atoms with van der Waals surface area (Å²) in [5, 5.41) is 10.9. The van der Waals surface area contributed by atoms with E-state index in [9.17, 15) is 5.11 Å². The van der Waals surface area contributed by atoms with Crippen LogP contribution in [0.15, 0.2) is 24.3 Å². The van der Waals surface area contributed by atoms with Gasteiger partial charge in [0.1, 0.15) is 6.10 Å². The molecule has 0 saturated heterocycles. The van der Waals surface area contributed by atoms with Gasteiger partial charge in [-0.2, -0.15) is 0 Å². The highest BCUT2D eigenvalue weighted by molar-refractivity contribution is 6.74. The lowest BCUT2D eigenvalue weighted by molar-refractivity contribution is 0.100. The number of aliphatic hydroxyl groups is 1. The lowest BCUT2D eigenvalue weighted by Crippen LogP contribution is -2.41. The van der Waals surface area contributed by atoms with Crippen LogP contribution in [0.2, 0.25) is 23.2 Å². The van der Waals surface area contributed by atoms with Gasteiger partial charge in [-0.3, -0.25) is 0 Å². The summed E-state index contributed by atoms with van der Waals surface area (Å²) in [6, 6.07) is 7.28. The number of hydrogen-bond donors (Lipinski definition) is 1. The average molecular weight is 287 g/mol. The predicted molar refractivity (Wildman–Crippen MR) is 79.6 cm³/mol. The first kappa shape index (κ1) is 15.7. The molecule has 2 nitrogen and oxygen atoms in total. The van der Waals surface area contributed by atoms with Gasteiger partial charge in [0, 0.05) is 5.02 Å². The molecule has 18 heavy (non-hydrogen) atoms. The fourth-order valence-corrected chi connectivity index (χ4v) is 2.52. The minimum absolute atomic E-state index is 0.154. The van der Waals surface area contributed by atoms with Crippen molar-refractivity contribution < 1.29 is 9.53 Å². The highest BCUT2D eigenvalue weighted by Gasteiger charge is 2.37. The van der Waals surface area contributed by atoms with Crippen molar-refractivity contribution in [2.24, 2.45) is 0 Å². The van der Waals surface area contributed by atoms with Crippen molar-refractivity contribution in [1.29, 1.82) is 0 Å². The van der Waals surface area contributed by atoms with E-state index in [0.717, 1.165) is 5.56 Å². The Bertz CT molecular complexity index is 399. The second-order valence-corrected chi connectivity index (χ2v) is 11.4. The van der Waals surface area contributed by atoms with E-state index in [-0.39, 0.29) is 5.04 Å². The molecule has 0 saturated carbocycles. The molecule has 1 aromatic carbocycles. The zero-order valence-electron chi connectivity index (χ0n) is 11.8. The third-order valence-corrected chi connectivity index (χ3v) is 8.38. The maximum absolute atomic E-state index is 10.1. The molecule has 0 aliphatic carbocycles. The Morgan fingerprint density at radius 2 is 1.94 bits per heavy atom. The quantitative estimate of drug-likeness (QED) is 0.832. The number of benzene rings is 1. The summed E-state index contributed by atoms with van der Waals surface area (Å²) >= 11 is 5.91. The SMILES string of the molecule is CC(C)(C)[Si](C)(C)OCC(O)c1cccc(Cl)c1. The van der Waals surface area contributed by atoms with Crippen LogP contribution in [0.25, 0.3) is 0 Å². The van der Waals surface area contributed by atoms with Crippen LogP contribution < -0.4 is 0 Å². The zero-order valence-corrected chi connectivity index (χ0v) is 13.6. The standard InChI is InChI=1S/C14H23ClO2Si/c1-14(2,3)18(4,5)17-10-13(16)11-7-6-8-12(15)9-11/h6-9,13,16H,10H2,1-5H3. The first-order valence-corrected chi connectivity index (χ1v) is 9.49. The van der Waals surface area contributed by atoms with Gasteiger partial charge in [0.05, 0.1) is 6.61 Å². The molecule has 1 unspecified atom stereocenters. The summed E-state index contributed by atoms with van der Waals surface area (Å²) in [6.07, 6.45) is -0.613. The fraction of sp³-hybridized carbons (Fsp3) is 0.571. The van der Waals surface area contributed by atoms with Gasteiger partial charge in [0.25, 0.3) is 0 Å². The van der Waals surface area contributed by atoms with Crippen molar-refractivity contribution in [1.82, 2.24) is 0 Å². The summed E-state index contributed by atoms with van der Waals surface area (Å²) in [7, 11) is -1.81. The largest absolute Gasteiger partial charge is 0.414 e. The van der Waals surface area contributed by atoms with E-state index in [1.54, 1.807) is 12.1 Å². The molecule has 1 N–H and O–H groups in total. The molecule has 102 valence electrons. The second-order valence-electron chi connectivity index (χ2n) is 6.14. The molecule has 1 atom stereocenters. The van der Waals surface area contributed by atoms with Crippen LogP contribution in [-0.2, 0) is 4.43 Å². The molecule has 0 fully saturated rings. The summed E-state index contributed by atoms with van der Waals surface area (Å²) < 4.78 is 6.00. The Kier molecular flexibility index (Phi) is 5.01. The smallest absolute Gasteiger partial charge is 0.192 e. The Hall–Kier alpha value is -0.353. The molecule has 0 heterocycles. The lowest BCUT2D eigenvalue weighted by Gasteiger charge is -2.36. The minimum Gasteiger partial charge on any atom is -0.414 e. The first-order valence-electron chi connectivity index (χ1n) is 6.21. The van der Waals surface area contributed by atoms with E-state index in [2.05, 4.69) is 33.9 Å². The van der Waals surface area contributed by atoms with Crippen molar-refractivity contribution in [3.8, 4) is 0 Å². The van der Waals surface area contributed by atoms with Crippen LogP contribution >= 0.6 is 11.6 Å². The van der Waals surface area contributed by atoms with E-state index in [1.807, 2.05) is 12.1 Å². The van der Waals surface area contributed by atoms with Crippen molar-refractivity contribution >= 4 is 19.9 Å². The molecule has 4 heteroatoms. The van der Waals surface area contributed by atoms with Gasteiger partial charge in [-0.15, -0.1) is 0 Å². The van der Waals surface area contributed by atoms with E-state index in [0.29, 0.717) is 11.6 Å². The molecular formula is C14H23ClO2Si. The van der Waals surface area contributed by atoms with Gasteiger partial charge >= 0.3 is 0 Å². The summed E-state index contributed by atoms with van der Waals surface area (Å²) in [5.74, 6) is 0. The number of hydrogen-bond acceptors (Lipinski definition) is 2. The molecular weight excluding hydrogens is 264 g/mol. The Morgan fingerprint density at radius 1 is 1.33 bits per heavy atom. The van der Waals surface area contributed by atoms with Crippen LogP contribution in [-0.4, -0.2) is 20.0 Å². The Morgan fingerprint density at radius 3 is 2.44 bits per heavy atom. The van der Waals surface area contributed by atoms with Gasteiger partial charge in [0.15, 0.2) is 8.32 Å². The molecule has 0 amide bonds. The Labute approximate surface area is 116 Å².